The highest BCUT2D eigenvalue weighted by Crippen LogP contribution is 2.57. The molecule has 1 heteroatoms. The molecular weight excluding hydrogens is 160 g/mol. The lowest BCUT2D eigenvalue weighted by molar-refractivity contribution is -0.118. The van der Waals surface area contributed by atoms with Crippen LogP contribution in [0.2, 0.25) is 0 Å². The van der Waals surface area contributed by atoms with Gasteiger partial charge in [0.1, 0.15) is 6.29 Å². The highest BCUT2D eigenvalue weighted by molar-refractivity contribution is 5.62. The summed E-state index contributed by atoms with van der Waals surface area (Å²) in [6.45, 7) is 5.98. The third-order valence-electron chi connectivity index (χ3n) is 3.89. The first-order valence-corrected chi connectivity index (χ1v) is 5.27. The second kappa shape index (κ2) is 2.97. The van der Waals surface area contributed by atoms with Gasteiger partial charge in [-0.05, 0) is 44.4 Å². The van der Waals surface area contributed by atoms with E-state index in [9.17, 15) is 4.79 Å². The van der Waals surface area contributed by atoms with E-state index >= 15 is 0 Å². The predicted molar refractivity (Wildman–Crippen MR) is 53.4 cm³/mol. The summed E-state index contributed by atoms with van der Waals surface area (Å²) in [4.78, 5) is 11.2. The van der Waals surface area contributed by atoms with Crippen LogP contribution in [0, 0.1) is 17.3 Å². The summed E-state index contributed by atoms with van der Waals surface area (Å²) in [7, 11) is 0. The molecule has 0 saturated heterocycles. The summed E-state index contributed by atoms with van der Waals surface area (Å²) < 4.78 is 0. The summed E-state index contributed by atoms with van der Waals surface area (Å²) in [5, 5.41) is 0. The largest absolute Gasteiger partial charge is 0.303 e. The lowest BCUT2D eigenvalue weighted by Gasteiger charge is -2.32. The van der Waals surface area contributed by atoms with Crippen molar-refractivity contribution in [2.45, 2.75) is 39.0 Å². The third kappa shape index (κ3) is 1.34. The number of hydrogen-bond donors (Lipinski definition) is 0. The molecule has 0 aromatic rings. The van der Waals surface area contributed by atoms with Gasteiger partial charge in [-0.3, -0.25) is 0 Å². The Morgan fingerprint density at radius 1 is 1.62 bits per heavy atom. The molecule has 13 heavy (non-hydrogen) atoms. The van der Waals surface area contributed by atoms with Gasteiger partial charge in [-0.2, -0.15) is 0 Å². The summed E-state index contributed by atoms with van der Waals surface area (Å²) >= 11 is 0. The van der Waals surface area contributed by atoms with Crippen LogP contribution >= 0.6 is 0 Å². The Balaban J connectivity index is 2.17. The highest BCUT2D eigenvalue weighted by Gasteiger charge is 2.50. The van der Waals surface area contributed by atoms with E-state index in [0.29, 0.717) is 5.92 Å². The van der Waals surface area contributed by atoms with Gasteiger partial charge in [0.15, 0.2) is 0 Å². The SMILES string of the molecule is C=C(C)CC1(C=O)CC2CCC1C2. The number of allylic oxidation sites excluding steroid dienone is 1. The minimum Gasteiger partial charge on any atom is -0.303 e. The standard InChI is InChI=1S/C12H18O/c1-9(2)6-12(8-13)7-10-3-4-11(12)5-10/h8,10-11H,1,3-7H2,2H3. The van der Waals surface area contributed by atoms with E-state index in [1.54, 1.807) is 0 Å². The first kappa shape index (κ1) is 8.98. The molecule has 0 N–H and O–H groups in total. The molecule has 0 spiro atoms. The first-order chi connectivity index (χ1) is 6.16. The summed E-state index contributed by atoms with van der Waals surface area (Å²) in [6, 6.07) is 0. The Bertz CT molecular complexity index is 244. The van der Waals surface area contributed by atoms with Crippen molar-refractivity contribution in [3.8, 4) is 0 Å². The molecule has 2 saturated carbocycles. The summed E-state index contributed by atoms with van der Waals surface area (Å²) in [5.74, 6) is 1.52. The van der Waals surface area contributed by atoms with Crippen molar-refractivity contribution in [2.75, 3.05) is 0 Å². The number of fused-ring (bicyclic) bond motifs is 2. The van der Waals surface area contributed by atoms with Gasteiger partial charge < -0.3 is 4.79 Å². The monoisotopic (exact) mass is 178 g/mol. The van der Waals surface area contributed by atoms with Crippen molar-refractivity contribution in [1.82, 2.24) is 0 Å². The fourth-order valence-corrected chi connectivity index (χ4v) is 3.45. The van der Waals surface area contributed by atoms with Crippen LogP contribution in [0.25, 0.3) is 0 Å². The van der Waals surface area contributed by atoms with Gasteiger partial charge in [-0.15, -0.1) is 6.58 Å². The Kier molecular flexibility index (Phi) is 2.05. The molecule has 2 rings (SSSR count). The van der Waals surface area contributed by atoms with Crippen LogP contribution in [0.4, 0.5) is 0 Å². The second-order valence-corrected chi connectivity index (χ2v) is 5.07. The molecule has 2 aliphatic rings. The van der Waals surface area contributed by atoms with Gasteiger partial charge in [0, 0.05) is 5.41 Å². The fourth-order valence-electron chi connectivity index (χ4n) is 3.45. The quantitative estimate of drug-likeness (QED) is 0.479. The number of carbonyl (C=O) groups excluding carboxylic acids is 1. The van der Waals surface area contributed by atoms with E-state index < -0.39 is 0 Å². The minimum atomic E-state index is -0.00521. The van der Waals surface area contributed by atoms with Gasteiger partial charge in [-0.1, -0.05) is 12.0 Å². The zero-order valence-electron chi connectivity index (χ0n) is 8.38. The van der Waals surface area contributed by atoms with Crippen LogP contribution in [-0.2, 0) is 4.79 Å². The van der Waals surface area contributed by atoms with Crippen molar-refractivity contribution in [1.29, 1.82) is 0 Å². The van der Waals surface area contributed by atoms with Gasteiger partial charge in [0.05, 0.1) is 0 Å². The third-order valence-corrected chi connectivity index (χ3v) is 3.89. The molecule has 1 nitrogen and oxygen atoms in total. The second-order valence-electron chi connectivity index (χ2n) is 5.07. The van der Waals surface area contributed by atoms with Gasteiger partial charge in [0.2, 0.25) is 0 Å². The molecule has 0 radical (unpaired) electrons. The molecule has 3 unspecified atom stereocenters. The van der Waals surface area contributed by atoms with Crippen molar-refractivity contribution in [3.05, 3.63) is 12.2 Å². The Morgan fingerprint density at radius 3 is 2.77 bits per heavy atom. The molecule has 2 bridgehead atoms. The van der Waals surface area contributed by atoms with Crippen LogP contribution in [0.1, 0.15) is 39.0 Å². The van der Waals surface area contributed by atoms with Crippen LogP contribution < -0.4 is 0 Å². The Hall–Kier alpha value is -0.590. The Morgan fingerprint density at radius 2 is 2.38 bits per heavy atom. The molecule has 0 heterocycles. The fraction of sp³-hybridized carbons (Fsp3) is 0.750. The molecule has 3 atom stereocenters. The molecule has 0 aliphatic heterocycles. The van der Waals surface area contributed by atoms with E-state index in [1.165, 1.54) is 31.1 Å². The van der Waals surface area contributed by atoms with Crippen LogP contribution in [-0.4, -0.2) is 6.29 Å². The van der Waals surface area contributed by atoms with Gasteiger partial charge in [-0.25, -0.2) is 0 Å². The molecule has 2 fully saturated rings. The predicted octanol–water partition coefficient (Wildman–Crippen LogP) is 2.96. The zero-order valence-corrected chi connectivity index (χ0v) is 8.38. The van der Waals surface area contributed by atoms with Crippen LogP contribution in [0.3, 0.4) is 0 Å². The van der Waals surface area contributed by atoms with E-state index in [4.69, 9.17) is 0 Å². The normalized spacial score (nSPS) is 42.2. The van der Waals surface area contributed by atoms with Crippen molar-refractivity contribution in [3.63, 3.8) is 0 Å². The lowest BCUT2D eigenvalue weighted by Crippen LogP contribution is -2.29. The molecular formula is C12H18O. The topological polar surface area (TPSA) is 17.1 Å². The molecule has 0 aromatic carbocycles. The average Bonchev–Trinajstić information content (AvgIpc) is 2.62. The van der Waals surface area contributed by atoms with E-state index in [2.05, 4.69) is 6.58 Å². The highest BCUT2D eigenvalue weighted by atomic mass is 16.1. The summed E-state index contributed by atoms with van der Waals surface area (Å²) in [6.07, 6.45) is 7.22. The maximum Gasteiger partial charge on any atom is 0.126 e. The number of aldehydes is 1. The average molecular weight is 178 g/mol. The van der Waals surface area contributed by atoms with Crippen LogP contribution in [0.15, 0.2) is 12.2 Å². The number of carbonyl (C=O) groups is 1. The molecule has 72 valence electrons. The molecule has 0 aromatic heterocycles. The lowest BCUT2D eigenvalue weighted by atomic mass is 9.71. The maximum absolute atomic E-state index is 11.2. The Labute approximate surface area is 80.2 Å². The van der Waals surface area contributed by atoms with Crippen LogP contribution in [0.5, 0.6) is 0 Å². The first-order valence-electron chi connectivity index (χ1n) is 5.27. The van der Waals surface area contributed by atoms with E-state index in [-0.39, 0.29) is 5.41 Å². The maximum atomic E-state index is 11.2. The smallest absolute Gasteiger partial charge is 0.126 e. The van der Waals surface area contributed by atoms with E-state index in [1.807, 2.05) is 6.92 Å². The van der Waals surface area contributed by atoms with Gasteiger partial charge >= 0.3 is 0 Å². The van der Waals surface area contributed by atoms with E-state index in [0.717, 1.165) is 18.8 Å². The van der Waals surface area contributed by atoms with Crippen molar-refractivity contribution in [2.24, 2.45) is 17.3 Å². The number of rotatable bonds is 3. The van der Waals surface area contributed by atoms with Gasteiger partial charge in [0.25, 0.3) is 0 Å². The van der Waals surface area contributed by atoms with Crippen molar-refractivity contribution >= 4 is 6.29 Å². The molecule has 2 aliphatic carbocycles. The minimum absolute atomic E-state index is 0.00521. The zero-order chi connectivity index (χ0) is 9.47. The molecule has 0 amide bonds. The summed E-state index contributed by atoms with van der Waals surface area (Å²) in [5.41, 5.74) is 1.16. The number of hydrogen-bond acceptors (Lipinski definition) is 1. The van der Waals surface area contributed by atoms with Crippen molar-refractivity contribution < 1.29 is 4.79 Å².